The maximum Gasteiger partial charge on any atom is 0.262 e. The molecule has 0 aliphatic heterocycles. The van der Waals surface area contributed by atoms with Crippen LogP contribution in [0.4, 0.5) is 4.39 Å². The number of halogens is 1. The molecule has 1 heterocycles. The molecule has 29 heavy (non-hydrogen) atoms. The Bertz CT molecular complexity index is 1060. The molecule has 2 aromatic carbocycles. The van der Waals surface area contributed by atoms with Gasteiger partial charge in [-0.2, -0.15) is 0 Å². The molecule has 1 aromatic heterocycles. The van der Waals surface area contributed by atoms with Crippen molar-refractivity contribution in [2.75, 3.05) is 12.8 Å². The second kappa shape index (κ2) is 9.22. The van der Waals surface area contributed by atoms with Gasteiger partial charge in [0.05, 0.1) is 16.7 Å². The fourth-order valence-corrected chi connectivity index (χ4v) is 3.92. The summed E-state index contributed by atoms with van der Waals surface area (Å²) in [5.41, 5.74) is 1.40. The molecule has 3 aromatic rings. The number of para-hydroxylation sites is 1. The summed E-state index contributed by atoms with van der Waals surface area (Å²) >= 11 is 1.27. The number of carbonyl (C=O) groups excluding carboxylic acids is 1. The number of fused-ring (bicyclic) bond motifs is 1. The van der Waals surface area contributed by atoms with Crippen molar-refractivity contribution in [2.45, 2.75) is 32.1 Å². The molecule has 0 bridgehead atoms. The molecule has 0 spiro atoms. The van der Waals surface area contributed by atoms with Crippen LogP contribution in [0.3, 0.4) is 0 Å². The highest BCUT2D eigenvalue weighted by atomic mass is 32.2. The second-order valence-corrected chi connectivity index (χ2v) is 8.33. The van der Waals surface area contributed by atoms with Crippen LogP contribution in [0, 0.1) is 11.7 Å². The van der Waals surface area contributed by atoms with Crippen LogP contribution >= 0.6 is 11.8 Å². The highest BCUT2D eigenvalue weighted by Crippen LogP contribution is 2.19. The van der Waals surface area contributed by atoms with E-state index in [9.17, 15) is 14.0 Å². The van der Waals surface area contributed by atoms with E-state index in [-0.39, 0.29) is 29.0 Å². The van der Waals surface area contributed by atoms with Crippen LogP contribution < -0.4 is 5.56 Å². The summed E-state index contributed by atoms with van der Waals surface area (Å²) < 4.78 is 14.7. The van der Waals surface area contributed by atoms with Crippen molar-refractivity contribution in [2.24, 2.45) is 5.92 Å². The van der Waals surface area contributed by atoms with Crippen molar-refractivity contribution in [1.29, 1.82) is 0 Å². The normalized spacial score (nSPS) is 11.2. The second-order valence-electron chi connectivity index (χ2n) is 7.39. The van der Waals surface area contributed by atoms with E-state index in [2.05, 4.69) is 4.98 Å². The van der Waals surface area contributed by atoms with Crippen LogP contribution in [0.2, 0.25) is 0 Å². The SMILES string of the molecule is CC(C)Cn1c(SCC(=O)N(C)Cc2ccc(F)cc2)nc2ccccc2c1=O. The van der Waals surface area contributed by atoms with Crippen LogP contribution in [-0.4, -0.2) is 33.2 Å². The van der Waals surface area contributed by atoms with Crippen LogP contribution in [0.25, 0.3) is 10.9 Å². The molecule has 0 unspecified atom stereocenters. The summed E-state index contributed by atoms with van der Waals surface area (Å²) in [6.45, 7) is 5.01. The Kier molecular flexibility index (Phi) is 6.69. The zero-order valence-corrected chi connectivity index (χ0v) is 17.6. The number of hydrogen-bond donors (Lipinski definition) is 0. The Hall–Kier alpha value is -2.67. The Morgan fingerprint density at radius 3 is 2.55 bits per heavy atom. The van der Waals surface area contributed by atoms with Gasteiger partial charge in [0.1, 0.15) is 5.82 Å². The standard InChI is InChI=1S/C22H24FN3O2S/c1-15(2)12-26-21(28)18-6-4-5-7-19(18)24-22(26)29-14-20(27)25(3)13-16-8-10-17(23)11-9-16/h4-11,15H,12-14H2,1-3H3. The maximum atomic E-state index is 13.0. The highest BCUT2D eigenvalue weighted by Gasteiger charge is 2.16. The lowest BCUT2D eigenvalue weighted by Gasteiger charge is -2.18. The molecular weight excluding hydrogens is 389 g/mol. The van der Waals surface area contributed by atoms with Gasteiger partial charge in [0.25, 0.3) is 5.56 Å². The number of aromatic nitrogens is 2. The molecule has 0 saturated heterocycles. The summed E-state index contributed by atoms with van der Waals surface area (Å²) in [7, 11) is 1.71. The summed E-state index contributed by atoms with van der Waals surface area (Å²) in [5, 5.41) is 1.13. The molecule has 3 rings (SSSR count). The molecule has 0 saturated carbocycles. The van der Waals surface area contributed by atoms with Crippen LogP contribution in [0.15, 0.2) is 58.5 Å². The Morgan fingerprint density at radius 2 is 1.86 bits per heavy atom. The smallest absolute Gasteiger partial charge is 0.262 e. The average Bonchev–Trinajstić information content (AvgIpc) is 2.70. The predicted molar refractivity (Wildman–Crippen MR) is 114 cm³/mol. The Labute approximate surface area is 173 Å². The number of thioether (sulfide) groups is 1. The first kappa shape index (κ1) is 21.0. The van der Waals surface area contributed by atoms with E-state index >= 15 is 0 Å². The third-order valence-corrected chi connectivity index (χ3v) is 5.42. The molecule has 7 heteroatoms. The minimum atomic E-state index is -0.302. The van der Waals surface area contributed by atoms with E-state index < -0.39 is 0 Å². The van der Waals surface area contributed by atoms with Gasteiger partial charge in [-0.25, -0.2) is 9.37 Å². The lowest BCUT2D eigenvalue weighted by atomic mass is 10.2. The molecular formula is C22H24FN3O2S. The predicted octanol–water partition coefficient (Wildman–Crippen LogP) is 3.94. The molecule has 5 nitrogen and oxygen atoms in total. The quantitative estimate of drug-likeness (QED) is 0.435. The summed E-state index contributed by atoms with van der Waals surface area (Å²) in [6.07, 6.45) is 0. The fraction of sp³-hybridized carbons (Fsp3) is 0.318. The van der Waals surface area contributed by atoms with Crippen LogP contribution in [0.5, 0.6) is 0 Å². The van der Waals surface area contributed by atoms with E-state index in [1.807, 2.05) is 32.0 Å². The first-order chi connectivity index (χ1) is 13.8. The molecule has 0 aliphatic carbocycles. The van der Waals surface area contributed by atoms with E-state index in [1.165, 1.54) is 23.9 Å². The van der Waals surface area contributed by atoms with Crippen molar-refractivity contribution in [3.8, 4) is 0 Å². The van der Waals surface area contributed by atoms with Crippen LogP contribution in [-0.2, 0) is 17.9 Å². The Balaban J connectivity index is 1.77. The molecule has 152 valence electrons. The van der Waals surface area contributed by atoms with Crippen LogP contribution in [0.1, 0.15) is 19.4 Å². The largest absolute Gasteiger partial charge is 0.341 e. The maximum absolute atomic E-state index is 13.0. The van der Waals surface area contributed by atoms with E-state index in [4.69, 9.17) is 0 Å². The minimum Gasteiger partial charge on any atom is -0.341 e. The first-order valence-corrected chi connectivity index (χ1v) is 10.4. The zero-order valence-electron chi connectivity index (χ0n) is 16.8. The van der Waals surface area contributed by atoms with Crippen molar-refractivity contribution in [3.05, 3.63) is 70.3 Å². The molecule has 1 amide bonds. The summed E-state index contributed by atoms with van der Waals surface area (Å²) in [4.78, 5) is 31.7. The van der Waals surface area contributed by atoms with Gasteiger partial charge in [0.2, 0.25) is 5.91 Å². The number of benzene rings is 2. The molecule has 0 fully saturated rings. The minimum absolute atomic E-state index is 0.0843. The van der Waals surface area contributed by atoms with Gasteiger partial charge >= 0.3 is 0 Å². The molecule has 0 radical (unpaired) electrons. The number of hydrogen-bond acceptors (Lipinski definition) is 4. The fourth-order valence-electron chi connectivity index (χ4n) is 2.97. The summed E-state index contributed by atoms with van der Waals surface area (Å²) in [5.74, 6) is 0.0501. The molecule has 0 N–H and O–H groups in total. The van der Waals surface area contributed by atoms with Gasteiger partial charge in [-0.05, 0) is 35.7 Å². The lowest BCUT2D eigenvalue weighted by molar-refractivity contribution is -0.127. The zero-order chi connectivity index (χ0) is 21.0. The third-order valence-electron chi connectivity index (χ3n) is 4.46. The summed E-state index contributed by atoms with van der Waals surface area (Å²) in [6, 6.07) is 13.3. The molecule has 0 aliphatic rings. The number of carbonyl (C=O) groups is 1. The van der Waals surface area contributed by atoms with Crippen molar-refractivity contribution in [3.63, 3.8) is 0 Å². The van der Waals surface area contributed by atoms with Gasteiger partial charge in [-0.15, -0.1) is 0 Å². The third kappa shape index (κ3) is 5.23. The monoisotopic (exact) mass is 413 g/mol. The number of amides is 1. The average molecular weight is 414 g/mol. The van der Waals surface area contributed by atoms with Gasteiger partial charge in [0, 0.05) is 20.1 Å². The number of rotatable bonds is 7. The molecule has 0 atom stereocenters. The number of nitrogens with zero attached hydrogens (tertiary/aromatic N) is 3. The van der Waals surface area contributed by atoms with Crippen molar-refractivity contribution < 1.29 is 9.18 Å². The lowest BCUT2D eigenvalue weighted by Crippen LogP contribution is -2.29. The van der Waals surface area contributed by atoms with Crippen molar-refractivity contribution in [1.82, 2.24) is 14.5 Å². The topological polar surface area (TPSA) is 55.2 Å². The first-order valence-electron chi connectivity index (χ1n) is 9.46. The van der Waals surface area contributed by atoms with E-state index in [0.717, 1.165) is 5.56 Å². The van der Waals surface area contributed by atoms with Gasteiger partial charge in [-0.3, -0.25) is 14.2 Å². The van der Waals surface area contributed by atoms with Gasteiger partial charge < -0.3 is 4.90 Å². The van der Waals surface area contributed by atoms with Crippen molar-refractivity contribution >= 4 is 28.6 Å². The van der Waals surface area contributed by atoms with Gasteiger partial charge in [0.15, 0.2) is 5.16 Å². The van der Waals surface area contributed by atoms with E-state index in [0.29, 0.717) is 29.1 Å². The van der Waals surface area contributed by atoms with E-state index in [1.54, 1.807) is 34.7 Å². The van der Waals surface area contributed by atoms with Gasteiger partial charge in [-0.1, -0.05) is 49.9 Å². The Morgan fingerprint density at radius 1 is 1.17 bits per heavy atom. The highest BCUT2D eigenvalue weighted by molar-refractivity contribution is 7.99.